The number of benzene rings is 1. The second-order valence-corrected chi connectivity index (χ2v) is 6.64. The van der Waals surface area contributed by atoms with E-state index in [1.165, 1.54) is 0 Å². The van der Waals surface area contributed by atoms with Crippen LogP contribution in [0.4, 0.5) is 11.6 Å². The average Bonchev–Trinajstić information content (AvgIpc) is 2.59. The van der Waals surface area contributed by atoms with Crippen LogP contribution in [0.2, 0.25) is 0 Å². The molecule has 0 saturated heterocycles. The molecule has 136 valence electrons. The monoisotopic (exact) mass is 342 g/mol. The first-order valence-corrected chi connectivity index (χ1v) is 8.76. The number of anilines is 2. The van der Waals surface area contributed by atoms with Crippen LogP contribution in [0, 0.1) is 0 Å². The van der Waals surface area contributed by atoms with Crippen LogP contribution in [-0.2, 0) is 0 Å². The zero-order valence-electron chi connectivity index (χ0n) is 15.8. The van der Waals surface area contributed by atoms with Gasteiger partial charge < -0.3 is 20.4 Å². The lowest BCUT2D eigenvalue weighted by molar-refractivity contribution is 0.405. The van der Waals surface area contributed by atoms with Crippen LogP contribution in [0.15, 0.2) is 36.4 Å². The van der Waals surface area contributed by atoms with Gasteiger partial charge >= 0.3 is 0 Å². The van der Waals surface area contributed by atoms with Gasteiger partial charge in [-0.05, 0) is 41.2 Å². The van der Waals surface area contributed by atoms with Crippen LogP contribution in [0.5, 0.6) is 0 Å². The lowest BCUT2D eigenvalue weighted by Gasteiger charge is -2.14. The fourth-order valence-electron chi connectivity index (χ4n) is 2.36. The van der Waals surface area contributed by atoms with E-state index in [4.69, 9.17) is 0 Å². The summed E-state index contributed by atoms with van der Waals surface area (Å²) in [6, 6.07) is 12.1. The van der Waals surface area contributed by atoms with Gasteiger partial charge in [-0.25, -0.2) is 9.97 Å². The minimum Gasteiger partial charge on any atom is -0.370 e. The van der Waals surface area contributed by atoms with Crippen molar-refractivity contribution in [3.63, 3.8) is 0 Å². The highest BCUT2D eigenvalue weighted by atomic mass is 15.1. The van der Waals surface area contributed by atoms with Crippen LogP contribution in [0.25, 0.3) is 11.4 Å². The van der Waals surface area contributed by atoms with Crippen molar-refractivity contribution in [2.75, 3.05) is 65.0 Å². The van der Waals surface area contributed by atoms with Gasteiger partial charge in [-0.1, -0.05) is 30.3 Å². The van der Waals surface area contributed by atoms with Crippen molar-refractivity contribution < 1.29 is 0 Å². The Kier molecular flexibility index (Phi) is 7.63. The van der Waals surface area contributed by atoms with Gasteiger partial charge in [0, 0.05) is 31.3 Å². The lowest BCUT2D eigenvalue weighted by atomic mass is 10.2. The topological polar surface area (TPSA) is 56.3 Å². The third kappa shape index (κ3) is 7.07. The molecule has 1 aromatic carbocycles. The molecule has 0 spiro atoms. The molecule has 0 unspecified atom stereocenters. The van der Waals surface area contributed by atoms with E-state index in [2.05, 4.69) is 58.6 Å². The summed E-state index contributed by atoms with van der Waals surface area (Å²) < 4.78 is 0. The number of hydrogen-bond donors (Lipinski definition) is 2. The van der Waals surface area contributed by atoms with Crippen molar-refractivity contribution in [1.82, 2.24) is 19.8 Å². The first-order chi connectivity index (χ1) is 12.0. The molecule has 2 aromatic rings. The second-order valence-electron chi connectivity index (χ2n) is 6.64. The molecule has 0 aliphatic heterocycles. The second kappa shape index (κ2) is 9.96. The van der Waals surface area contributed by atoms with Crippen molar-refractivity contribution in [1.29, 1.82) is 0 Å². The standard InChI is InChI=1S/C19H30N6/c1-24(2)13-8-11-20-17-15-18(21-12-14-25(3)4)23-19(22-17)16-9-6-5-7-10-16/h5-7,9-10,15H,8,11-14H2,1-4H3,(H2,20,21,22,23). The Morgan fingerprint density at radius 2 is 1.40 bits per heavy atom. The third-order valence-electron chi connectivity index (χ3n) is 3.71. The fraction of sp³-hybridized carbons (Fsp3) is 0.474. The predicted molar refractivity (Wildman–Crippen MR) is 106 cm³/mol. The summed E-state index contributed by atoms with van der Waals surface area (Å²) in [7, 11) is 8.31. The van der Waals surface area contributed by atoms with Crippen molar-refractivity contribution >= 4 is 11.6 Å². The van der Waals surface area contributed by atoms with Crippen LogP contribution in [0.1, 0.15) is 6.42 Å². The largest absolute Gasteiger partial charge is 0.370 e. The Hall–Kier alpha value is -2.18. The van der Waals surface area contributed by atoms with Crippen LogP contribution in [-0.4, -0.2) is 74.1 Å². The molecule has 6 nitrogen and oxygen atoms in total. The Morgan fingerprint density at radius 1 is 0.800 bits per heavy atom. The first-order valence-electron chi connectivity index (χ1n) is 8.76. The summed E-state index contributed by atoms with van der Waals surface area (Å²) in [5.41, 5.74) is 1.02. The van der Waals surface area contributed by atoms with Crippen molar-refractivity contribution in [3.05, 3.63) is 36.4 Å². The molecule has 1 heterocycles. The number of hydrogen-bond acceptors (Lipinski definition) is 6. The number of likely N-dealkylation sites (N-methyl/N-ethyl adjacent to an activating group) is 1. The van der Waals surface area contributed by atoms with Gasteiger partial charge in [-0.15, -0.1) is 0 Å². The highest BCUT2D eigenvalue weighted by Gasteiger charge is 2.07. The van der Waals surface area contributed by atoms with E-state index in [1.807, 2.05) is 36.4 Å². The van der Waals surface area contributed by atoms with Gasteiger partial charge in [0.05, 0.1) is 0 Å². The molecule has 0 bridgehead atoms. The molecule has 0 fully saturated rings. The summed E-state index contributed by atoms with van der Waals surface area (Å²) in [4.78, 5) is 13.7. The number of rotatable bonds is 10. The minimum atomic E-state index is 0.741. The van der Waals surface area contributed by atoms with Crippen LogP contribution < -0.4 is 10.6 Å². The first kappa shape index (κ1) is 19.1. The van der Waals surface area contributed by atoms with E-state index in [-0.39, 0.29) is 0 Å². The van der Waals surface area contributed by atoms with Gasteiger partial charge in [0.1, 0.15) is 11.6 Å². The number of aromatic nitrogens is 2. The zero-order valence-corrected chi connectivity index (χ0v) is 15.8. The van der Waals surface area contributed by atoms with E-state index in [0.717, 1.165) is 55.6 Å². The van der Waals surface area contributed by atoms with E-state index in [1.54, 1.807) is 0 Å². The Labute approximate surface area is 151 Å². The number of nitrogens with zero attached hydrogens (tertiary/aromatic N) is 4. The maximum Gasteiger partial charge on any atom is 0.163 e. The van der Waals surface area contributed by atoms with Gasteiger partial charge in [0.15, 0.2) is 5.82 Å². The molecular formula is C19H30N6. The Bertz CT molecular complexity index is 627. The normalized spacial score (nSPS) is 11.1. The summed E-state index contributed by atoms with van der Waals surface area (Å²) in [6.45, 7) is 3.74. The van der Waals surface area contributed by atoms with Gasteiger partial charge in [-0.2, -0.15) is 0 Å². The molecule has 6 heteroatoms. The third-order valence-corrected chi connectivity index (χ3v) is 3.71. The van der Waals surface area contributed by atoms with E-state index in [9.17, 15) is 0 Å². The summed E-state index contributed by atoms with van der Waals surface area (Å²) >= 11 is 0. The number of nitrogens with one attached hydrogen (secondary N) is 2. The predicted octanol–water partition coefficient (Wildman–Crippen LogP) is 2.48. The highest BCUT2D eigenvalue weighted by molar-refractivity contribution is 5.61. The average molecular weight is 342 g/mol. The Balaban J connectivity index is 2.10. The SMILES string of the molecule is CN(C)CCCNc1cc(NCCN(C)C)nc(-c2ccccc2)n1. The molecule has 2 N–H and O–H groups in total. The van der Waals surface area contributed by atoms with Crippen LogP contribution in [0.3, 0.4) is 0 Å². The van der Waals surface area contributed by atoms with Crippen molar-refractivity contribution in [2.24, 2.45) is 0 Å². The summed E-state index contributed by atoms with van der Waals surface area (Å²) in [5, 5.41) is 6.82. The van der Waals surface area contributed by atoms with Crippen molar-refractivity contribution in [3.8, 4) is 11.4 Å². The van der Waals surface area contributed by atoms with E-state index in [0.29, 0.717) is 0 Å². The molecule has 0 aliphatic rings. The van der Waals surface area contributed by atoms with Gasteiger partial charge in [0.2, 0.25) is 0 Å². The molecule has 0 saturated carbocycles. The van der Waals surface area contributed by atoms with Crippen molar-refractivity contribution in [2.45, 2.75) is 6.42 Å². The van der Waals surface area contributed by atoms with Gasteiger partial charge in [0.25, 0.3) is 0 Å². The molecule has 2 rings (SSSR count). The van der Waals surface area contributed by atoms with Crippen LogP contribution >= 0.6 is 0 Å². The maximum absolute atomic E-state index is 4.68. The molecule has 1 aromatic heterocycles. The summed E-state index contributed by atoms with van der Waals surface area (Å²) in [5.74, 6) is 2.45. The molecule has 0 amide bonds. The van der Waals surface area contributed by atoms with E-state index < -0.39 is 0 Å². The Morgan fingerprint density at radius 3 is 2.00 bits per heavy atom. The molecule has 0 aliphatic carbocycles. The lowest BCUT2D eigenvalue weighted by Crippen LogP contribution is -2.21. The zero-order chi connectivity index (χ0) is 18.1. The minimum absolute atomic E-state index is 0.741. The van der Waals surface area contributed by atoms with Gasteiger partial charge in [-0.3, -0.25) is 0 Å². The highest BCUT2D eigenvalue weighted by Crippen LogP contribution is 2.20. The quantitative estimate of drug-likeness (QED) is 0.647. The maximum atomic E-state index is 4.68. The summed E-state index contributed by atoms with van der Waals surface area (Å²) in [6.07, 6.45) is 1.07. The molecule has 0 atom stereocenters. The fourth-order valence-corrected chi connectivity index (χ4v) is 2.36. The van der Waals surface area contributed by atoms with E-state index >= 15 is 0 Å². The molecule has 0 radical (unpaired) electrons. The smallest absolute Gasteiger partial charge is 0.163 e. The molecular weight excluding hydrogens is 312 g/mol. The molecule has 25 heavy (non-hydrogen) atoms.